The van der Waals surface area contributed by atoms with Crippen LogP contribution in [0.1, 0.15) is 92.4 Å². The monoisotopic (exact) mass is 338 g/mol. The Balaban J connectivity index is 3.42. The fourth-order valence-electron chi connectivity index (χ4n) is 3.17. The number of allylic oxidation sites excluding steroid dienone is 1. The molecular formula is C22H46N2. The Kier molecular flexibility index (Phi) is 14.5. The number of nitrogens with one attached hydrogen (secondary N) is 1. The van der Waals surface area contributed by atoms with Crippen LogP contribution in [0.5, 0.6) is 0 Å². The SMILES string of the molecule is C=C(CCC(CC)C(C)C)NCCCCCCCCN(C)C(C)C. The second kappa shape index (κ2) is 14.8. The minimum Gasteiger partial charge on any atom is -0.389 e. The fraction of sp³-hybridized carbons (Fsp3) is 0.909. The molecule has 24 heavy (non-hydrogen) atoms. The van der Waals surface area contributed by atoms with E-state index in [0.717, 1.165) is 24.8 Å². The van der Waals surface area contributed by atoms with Gasteiger partial charge in [0.25, 0.3) is 0 Å². The molecule has 144 valence electrons. The van der Waals surface area contributed by atoms with Gasteiger partial charge in [-0.2, -0.15) is 0 Å². The van der Waals surface area contributed by atoms with E-state index < -0.39 is 0 Å². The number of hydrogen-bond acceptors (Lipinski definition) is 2. The van der Waals surface area contributed by atoms with Crippen molar-refractivity contribution in [1.82, 2.24) is 10.2 Å². The third-order valence-corrected chi connectivity index (χ3v) is 5.48. The number of rotatable bonds is 16. The molecule has 2 heteroatoms. The van der Waals surface area contributed by atoms with Crippen LogP contribution >= 0.6 is 0 Å². The molecule has 0 rings (SSSR count). The van der Waals surface area contributed by atoms with Crippen LogP contribution in [-0.4, -0.2) is 31.1 Å². The number of hydrogen-bond donors (Lipinski definition) is 1. The van der Waals surface area contributed by atoms with E-state index >= 15 is 0 Å². The molecule has 0 fully saturated rings. The van der Waals surface area contributed by atoms with Gasteiger partial charge in [0.1, 0.15) is 0 Å². The lowest BCUT2D eigenvalue weighted by Gasteiger charge is -2.20. The number of unbranched alkanes of at least 4 members (excludes halogenated alkanes) is 5. The summed E-state index contributed by atoms with van der Waals surface area (Å²) in [7, 11) is 2.23. The smallest absolute Gasteiger partial charge is 0.0143 e. The summed E-state index contributed by atoms with van der Waals surface area (Å²) in [5, 5.41) is 3.53. The van der Waals surface area contributed by atoms with Gasteiger partial charge in [0.05, 0.1) is 0 Å². The van der Waals surface area contributed by atoms with Gasteiger partial charge in [0, 0.05) is 18.3 Å². The molecule has 0 amide bonds. The standard InChI is InChI=1S/C22H46N2/c1-8-22(19(2)3)16-15-21(6)23-17-13-11-9-10-12-14-18-24(7)20(4)5/h19-20,22-23H,6,8-18H2,1-5,7H3. The van der Waals surface area contributed by atoms with E-state index in [9.17, 15) is 0 Å². The van der Waals surface area contributed by atoms with Crippen molar-refractivity contribution in [3.63, 3.8) is 0 Å². The van der Waals surface area contributed by atoms with E-state index in [-0.39, 0.29) is 0 Å². The van der Waals surface area contributed by atoms with Crippen LogP contribution in [0, 0.1) is 11.8 Å². The number of nitrogens with zero attached hydrogens (tertiary/aromatic N) is 1. The maximum absolute atomic E-state index is 4.19. The molecule has 0 saturated heterocycles. The van der Waals surface area contributed by atoms with Crippen LogP contribution in [0.15, 0.2) is 12.3 Å². The second-order valence-electron chi connectivity index (χ2n) is 8.18. The highest BCUT2D eigenvalue weighted by Crippen LogP contribution is 2.21. The zero-order valence-electron chi connectivity index (χ0n) is 17.7. The topological polar surface area (TPSA) is 15.3 Å². The van der Waals surface area contributed by atoms with E-state index in [2.05, 4.69) is 58.5 Å². The van der Waals surface area contributed by atoms with Crippen molar-refractivity contribution >= 4 is 0 Å². The van der Waals surface area contributed by atoms with Crippen molar-refractivity contribution in [2.45, 2.75) is 98.4 Å². The second-order valence-corrected chi connectivity index (χ2v) is 8.18. The molecule has 0 aliphatic carbocycles. The molecule has 0 aromatic heterocycles. The molecule has 1 atom stereocenters. The molecule has 0 aromatic carbocycles. The van der Waals surface area contributed by atoms with Gasteiger partial charge >= 0.3 is 0 Å². The molecule has 0 aliphatic heterocycles. The van der Waals surface area contributed by atoms with Gasteiger partial charge in [0.15, 0.2) is 0 Å². The quantitative estimate of drug-likeness (QED) is 0.335. The third-order valence-electron chi connectivity index (χ3n) is 5.48. The lowest BCUT2D eigenvalue weighted by Crippen LogP contribution is -2.27. The Hall–Kier alpha value is -0.500. The predicted molar refractivity (Wildman–Crippen MR) is 110 cm³/mol. The molecule has 0 radical (unpaired) electrons. The van der Waals surface area contributed by atoms with Gasteiger partial charge in [-0.05, 0) is 65.0 Å². The Labute approximate surface area is 153 Å². The first-order chi connectivity index (χ1) is 11.4. The molecular weight excluding hydrogens is 292 g/mol. The summed E-state index contributed by atoms with van der Waals surface area (Å²) in [6.45, 7) is 18.1. The first-order valence-corrected chi connectivity index (χ1v) is 10.5. The van der Waals surface area contributed by atoms with Crippen molar-refractivity contribution in [3.8, 4) is 0 Å². The Morgan fingerprint density at radius 2 is 1.54 bits per heavy atom. The summed E-state index contributed by atoms with van der Waals surface area (Å²) < 4.78 is 0. The van der Waals surface area contributed by atoms with E-state index in [1.54, 1.807) is 0 Å². The summed E-state index contributed by atoms with van der Waals surface area (Å²) in [5.41, 5.74) is 1.24. The molecule has 0 saturated carbocycles. The van der Waals surface area contributed by atoms with Crippen LogP contribution in [0.3, 0.4) is 0 Å². The highest BCUT2D eigenvalue weighted by atomic mass is 15.1. The zero-order chi connectivity index (χ0) is 18.4. The van der Waals surface area contributed by atoms with Gasteiger partial charge < -0.3 is 10.2 Å². The highest BCUT2D eigenvalue weighted by Gasteiger charge is 2.10. The molecule has 1 N–H and O–H groups in total. The summed E-state index contributed by atoms with van der Waals surface area (Å²) in [4.78, 5) is 2.44. The van der Waals surface area contributed by atoms with Crippen molar-refractivity contribution in [2.24, 2.45) is 11.8 Å². The lowest BCUT2D eigenvalue weighted by atomic mass is 9.88. The molecule has 0 bridgehead atoms. The van der Waals surface area contributed by atoms with Crippen LogP contribution in [0.2, 0.25) is 0 Å². The van der Waals surface area contributed by atoms with Gasteiger partial charge in [-0.25, -0.2) is 0 Å². The van der Waals surface area contributed by atoms with Crippen LogP contribution < -0.4 is 5.32 Å². The fourth-order valence-corrected chi connectivity index (χ4v) is 3.17. The van der Waals surface area contributed by atoms with E-state index in [1.165, 1.54) is 63.6 Å². The van der Waals surface area contributed by atoms with Crippen molar-refractivity contribution in [3.05, 3.63) is 12.3 Å². The third kappa shape index (κ3) is 12.9. The van der Waals surface area contributed by atoms with Gasteiger partial charge in [-0.15, -0.1) is 0 Å². The van der Waals surface area contributed by atoms with Gasteiger partial charge in [-0.1, -0.05) is 59.5 Å². The first kappa shape index (κ1) is 23.5. The average molecular weight is 339 g/mol. The minimum atomic E-state index is 0.678. The molecule has 0 heterocycles. The van der Waals surface area contributed by atoms with Crippen molar-refractivity contribution in [1.29, 1.82) is 0 Å². The lowest BCUT2D eigenvalue weighted by molar-refractivity contribution is 0.267. The largest absolute Gasteiger partial charge is 0.389 e. The van der Waals surface area contributed by atoms with Gasteiger partial charge in [-0.3, -0.25) is 0 Å². The van der Waals surface area contributed by atoms with Crippen molar-refractivity contribution in [2.75, 3.05) is 20.1 Å². The van der Waals surface area contributed by atoms with Crippen LogP contribution in [0.4, 0.5) is 0 Å². The van der Waals surface area contributed by atoms with Crippen molar-refractivity contribution < 1.29 is 0 Å². The molecule has 0 aromatic rings. The maximum Gasteiger partial charge on any atom is 0.0143 e. The summed E-state index contributed by atoms with van der Waals surface area (Å²) in [6, 6.07) is 0.678. The predicted octanol–water partition coefficient (Wildman–Crippen LogP) is 6.23. The average Bonchev–Trinajstić information content (AvgIpc) is 2.53. The minimum absolute atomic E-state index is 0.678. The summed E-state index contributed by atoms with van der Waals surface area (Å²) >= 11 is 0. The Morgan fingerprint density at radius 3 is 2.08 bits per heavy atom. The Bertz CT molecular complexity index is 296. The van der Waals surface area contributed by atoms with Crippen LogP contribution in [-0.2, 0) is 0 Å². The zero-order valence-corrected chi connectivity index (χ0v) is 17.7. The molecule has 0 spiro atoms. The molecule has 1 unspecified atom stereocenters. The van der Waals surface area contributed by atoms with Crippen LogP contribution in [0.25, 0.3) is 0 Å². The van der Waals surface area contributed by atoms with E-state index in [4.69, 9.17) is 0 Å². The summed E-state index contributed by atoms with van der Waals surface area (Å²) in [6.07, 6.45) is 11.8. The normalized spacial score (nSPS) is 13.0. The molecule has 2 nitrogen and oxygen atoms in total. The first-order valence-electron chi connectivity index (χ1n) is 10.5. The molecule has 0 aliphatic rings. The maximum atomic E-state index is 4.19. The van der Waals surface area contributed by atoms with E-state index in [0.29, 0.717) is 6.04 Å². The summed E-state index contributed by atoms with van der Waals surface area (Å²) in [5.74, 6) is 1.64. The Morgan fingerprint density at radius 1 is 0.958 bits per heavy atom. The van der Waals surface area contributed by atoms with E-state index in [1.807, 2.05) is 0 Å². The highest BCUT2D eigenvalue weighted by molar-refractivity contribution is 4.91. The van der Waals surface area contributed by atoms with Gasteiger partial charge in [0.2, 0.25) is 0 Å².